The van der Waals surface area contributed by atoms with Crippen LogP contribution in [0.4, 0.5) is 11.4 Å². The van der Waals surface area contributed by atoms with Gasteiger partial charge in [0.05, 0.1) is 17.5 Å². The first-order valence-electron chi connectivity index (χ1n) is 7.41. The number of amides is 2. The first-order chi connectivity index (χ1) is 10.1. The largest absolute Gasteiger partial charge is 0.378 e. The lowest BCUT2D eigenvalue weighted by molar-refractivity contribution is -0.123. The average molecular weight is 282 g/mol. The van der Waals surface area contributed by atoms with E-state index < -0.39 is 0 Å². The van der Waals surface area contributed by atoms with E-state index in [1.54, 1.807) is 0 Å². The highest BCUT2D eigenvalue weighted by atomic mass is 16.2. The molecule has 2 aliphatic carbocycles. The normalized spacial score (nSPS) is 33.0. The van der Waals surface area contributed by atoms with Gasteiger partial charge in [0, 0.05) is 19.8 Å². The van der Waals surface area contributed by atoms with Gasteiger partial charge < -0.3 is 4.90 Å². The quantitative estimate of drug-likeness (QED) is 0.616. The predicted molar refractivity (Wildman–Crippen MR) is 81.0 cm³/mol. The zero-order chi connectivity index (χ0) is 14.7. The van der Waals surface area contributed by atoms with Crippen LogP contribution in [0.15, 0.2) is 36.4 Å². The van der Waals surface area contributed by atoms with Crippen LogP contribution in [0.2, 0.25) is 0 Å². The van der Waals surface area contributed by atoms with E-state index in [0.717, 1.165) is 12.1 Å². The summed E-state index contributed by atoms with van der Waals surface area (Å²) >= 11 is 0. The fourth-order valence-electron chi connectivity index (χ4n) is 4.06. The number of rotatable bonds is 2. The van der Waals surface area contributed by atoms with Crippen molar-refractivity contribution < 1.29 is 9.59 Å². The summed E-state index contributed by atoms with van der Waals surface area (Å²) in [5.74, 6) is 0.256. The fourth-order valence-corrected chi connectivity index (χ4v) is 4.06. The summed E-state index contributed by atoms with van der Waals surface area (Å²) in [6.07, 6.45) is 5.21. The van der Waals surface area contributed by atoms with Gasteiger partial charge in [-0.1, -0.05) is 12.2 Å². The maximum atomic E-state index is 12.7. The van der Waals surface area contributed by atoms with Crippen molar-refractivity contribution in [1.82, 2.24) is 0 Å². The number of imide groups is 1. The highest BCUT2D eigenvalue weighted by Gasteiger charge is 2.59. The number of carbonyl (C=O) groups excluding carboxylic acids is 2. The summed E-state index contributed by atoms with van der Waals surface area (Å²) in [5, 5.41) is 0. The zero-order valence-corrected chi connectivity index (χ0v) is 12.2. The molecule has 1 saturated carbocycles. The highest BCUT2D eigenvalue weighted by molar-refractivity contribution is 6.22. The number of hydrogen-bond donors (Lipinski definition) is 0. The molecule has 4 heteroatoms. The summed E-state index contributed by atoms with van der Waals surface area (Å²) in [7, 11) is 3.93. The minimum Gasteiger partial charge on any atom is -0.378 e. The van der Waals surface area contributed by atoms with Gasteiger partial charge in [0.25, 0.3) is 0 Å². The zero-order valence-electron chi connectivity index (χ0n) is 12.2. The van der Waals surface area contributed by atoms with Crippen LogP contribution in [-0.2, 0) is 9.59 Å². The van der Waals surface area contributed by atoms with Crippen molar-refractivity contribution in [3.05, 3.63) is 36.4 Å². The van der Waals surface area contributed by atoms with Crippen LogP contribution < -0.4 is 9.80 Å². The third-order valence-electron chi connectivity index (χ3n) is 5.09. The molecule has 0 N–H and O–H groups in total. The summed E-state index contributed by atoms with van der Waals surface area (Å²) in [4.78, 5) is 28.7. The van der Waals surface area contributed by atoms with Gasteiger partial charge in [0.2, 0.25) is 11.8 Å². The van der Waals surface area contributed by atoms with E-state index >= 15 is 0 Å². The number of anilines is 2. The van der Waals surface area contributed by atoms with Gasteiger partial charge in [-0.3, -0.25) is 14.5 Å². The van der Waals surface area contributed by atoms with Crippen molar-refractivity contribution in [3.63, 3.8) is 0 Å². The van der Waals surface area contributed by atoms with E-state index in [4.69, 9.17) is 0 Å². The molecular weight excluding hydrogens is 264 g/mol. The second kappa shape index (κ2) is 4.20. The number of nitrogens with zero attached hydrogens (tertiary/aromatic N) is 2. The molecule has 2 amide bonds. The molecule has 4 nitrogen and oxygen atoms in total. The van der Waals surface area contributed by atoms with Crippen LogP contribution in [0.5, 0.6) is 0 Å². The smallest absolute Gasteiger partial charge is 0.238 e. The standard InChI is InChI=1S/C17H18N2O2/c1-18(2)12-5-7-13(8-6-12)19-16(20)14-10-3-4-11(9-10)15(14)17(19)21/h3-8,10-11,14-15H,9H2,1-2H3/t10-,11+,14+,15-. The van der Waals surface area contributed by atoms with Crippen molar-refractivity contribution in [2.24, 2.45) is 23.7 Å². The van der Waals surface area contributed by atoms with Gasteiger partial charge in [-0.25, -0.2) is 0 Å². The topological polar surface area (TPSA) is 40.6 Å². The molecule has 0 unspecified atom stereocenters. The van der Waals surface area contributed by atoms with Crippen LogP contribution >= 0.6 is 0 Å². The molecule has 1 saturated heterocycles. The Hall–Kier alpha value is -2.10. The lowest BCUT2D eigenvalue weighted by Gasteiger charge is -2.19. The summed E-state index contributed by atoms with van der Waals surface area (Å²) in [6.45, 7) is 0. The van der Waals surface area contributed by atoms with E-state index in [1.807, 2.05) is 43.3 Å². The molecule has 108 valence electrons. The number of benzene rings is 1. The molecule has 1 aromatic rings. The SMILES string of the molecule is CN(C)c1ccc(N2C(=O)[C@@H]3[C@H](C2=O)[C@H]2C=C[C@@H]3C2)cc1. The Morgan fingerprint density at radius 2 is 1.48 bits per heavy atom. The molecule has 2 fully saturated rings. The van der Waals surface area contributed by atoms with E-state index in [1.165, 1.54) is 4.90 Å². The average Bonchev–Trinajstić information content (AvgIpc) is 3.13. The monoisotopic (exact) mass is 282 g/mol. The van der Waals surface area contributed by atoms with Gasteiger partial charge >= 0.3 is 0 Å². The van der Waals surface area contributed by atoms with Gasteiger partial charge in [0.15, 0.2) is 0 Å². The second-order valence-electron chi connectivity index (χ2n) is 6.42. The van der Waals surface area contributed by atoms with Crippen molar-refractivity contribution in [2.75, 3.05) is 23.9 Å². The Labute approximate surface area is 124 Å². The fraction of sp³-hybridized carbons (Fsp3) is 0.412. The molecule has 1 heterocycles. The lowest BCUT2D eigenvalue weighted by Crippen LogP contribution is -2.32. The molecule has 1 aromatic carbocycles. The third kappa shape index (κ3) is 1.62. The van der Waals surface area contributed by atoms with E-state index in [0.29, 0.717) is 5.69 Å². The minimum atomic E-state index is -0.124. The third-order valence-corrected chi connectivity index (χ3v) is 5.09. The number of fused-ring (bicyclic) bond motifs is 5. The van der Waals surface area contributed by atoms with E-state index in [-0.39, 0.29) is 35.5 Å². The molecule has 0 spiro atoms. The van der Waals surface area contributed by atoms with Gasteiger partial charge in [-0.2, -0.15) is 0 Å². The van der Waals surface area contributed by atoms with Crippen molar-refractivity contribution >= 4 is 23.2 Å². The van der Waals surface area contributed by atoms with E-state index in [2.05, 4.69) is 12.2 Å². The maximum Gasteiger partial charge on any atom is 0.238 e. The van der Waals surface area contributed by atoms with Crippen LogP contribution in [0, 0.1) is 23.7 Å². The summed E-state index contributed by atoms with van der Waals surface area (Å²) in [5.41, 5.74) is 1.75. The predicted octanol–water partition coefficient (Wildman–Crippen LogP) is 2.06. The molecule has 0 aromatic heterocycles. The Balaban J connectivity index is 1.68. The van der Waals surface area contributed by atoms with Crippen molar-refractivity contribution in [1.29, 1.82) is 0 Å². The first-order valence-corrected chi connectivity index (χ1v) is 7.41. The Bertz CT molecular complexity index is 617. The maximum absolute atomic E-state index is 12.7. The molecule has 2 bridgehead atoms. The molecule has 0 radical (unpaired) electrons. The van der Waals surface area contributed by atoms with Crippen LogP contribution in [0.1, 0.15) is 6.42 Å². The van der Waals surface area contributed by atoms with Gasteiger partial charge in [-0.15, -0.1) is 0 Å². The van der Waals surface area contributed by atoms with Gasteiger partial charge in [0.1, 0.15) is 0 Å². The Morgan fingerprint density at radius 3 is 1.95 bits per heavy atom. The number of hydrogen-bond acceptors (Lipinski definition) is 3. The highest BCUT2D eigenvalue weighted by Crippen LogP contribution is 2.53. The van der Waals surface area contributed by atoms with Gasteiger partial charge in [-0.05, 0) is 42.5 Å². The minimum absolute atomic E-state index is 0.0144. The molecule has 4 atom stereocenters. The summed E-state index contributed by atoms with van der Waals surface area (Å²) in [6, 6.07) is 7.61. The molecular formula is C17H18N2O2. The molecule has 4 rings (SSSR count). The Morgan fingerprint density at radius 1 is 0.952 bits per heavy atom. The van der Waals surface area contributed by atoms with Crippen LogP contribution in [0.25, 0.3) is 0 Å². The lowest BCUT2D eigenvalue weighted by atomic mass is 9.85. The molecule has 21 heavy (non-hydrogen) atoms. The van der Waals surface area contributed by atoms with Crippen molar-refractivity contribution in [2.45, 2.75) is 6.42 Å². The number of allylic oxidation sites excluding steroid dienone is 2. The second-order valence-corrected chi connectivity index (χ2v) is 6.42. The van der Waals surface area contributed by atoms with Crippen LogP contribution in [0.3, 0.4) is 0 Å². The Kier molecular flexibility index (Phi) is 2.52. The summed E-state index contributed by atoms with van der Waals surface area (Å²) < 4.78 is 0. The van der Waals surface area contributed by atoms with E-state index in [9.17, 15) is 9.59 Å². The molecule has 1 aliphatic heterocycles. The van der Waals surface area contributed by atoms with Crippen LogP contribution in [-0.4, -0.2) is 25.9 Å². The molecule has 3 aliphatic rings. The van der Waals surface area contributed by atoms with Crippen molar-refractivity contribution in [3.8, 4) is 0 Å². The first kappa shape index (κ1) is 12.6. The number of carbonyl (C=O) groups is 2.